The van der Waals surface area contributed by atoms with Crippen LogP contribution in [0.5, 0.6) is 0 Å². The van der Waals surface area contributed by atoms with Gasteiger partial charge in [-0.1, -0.05) is 18.2 Å². The van der Waals surface area contributed by atoms with Gasteiger partial charge in [-0.3, -0.25) is 4.72 Å². The van der Waals surface area contributed by atoms with Crippen LogP contribution >= 0.6 is 0 Å². The normalized spacial score (nSPS) is 11.4. The van der Waals surface area contributed by atoms with Crippen molar-refractivity contribution >= 4 is 21.7 Å². The van der Waals surface area contributed by atoms with Gasteiger partial charge in [-0.2, -0.15) is 0 Å². The molecular weight excluding hydrogens is 328 g/mol. The molecule has 0 radical (unpaired) electrons. The van der Waals surface area contributed by atoms with Crippen LogP contribution in [0.3, 0.4) is 0 Å². The predicted molar refractivity (Wildman–Crippen MR) is 92.9 cm³/mol. The van der Waals surface area contributed by atoms with E-state index in [4.69, 9.17) is 4.74 Å². The van der Waals surface area contributed by atoms with E-state index in [1.807, 2.05) is 32.0 Å². The van der Waals surface area contributed by atoms with Gasteiger partial charge in [0.2, 0.25) is 0 Å². The van der Waals surface area contributed by atoms with Crippen molar-refractivity contribution in [2.24, 2.45) is 0 Å². The first kappa shape index (κ1) is 18.1. The number of carbonyl (C=O) groups excluding carboxylic acids is 1. The molecule has 2 aromatic rings. The Morgan fingerprint density at radius 1 is 1.12 bits per heavy atom. The maximum atomic E-state index is 12.9. The van der Waals surface area contributed by atoms with E-state index in [2.05, 4.69) is 9.71 Å². The quantitative estimate of drug-likeness (QED) is 0.810. The Kier molecular flexibility index (Phi) is 5.03. The first-order valence-electron chi connectivity index (χ1n) is 7.64. The second-order valence-electron chi connectivity index (χ2n) is 5.67. The van der Waals surface area contributed by atoms with Crippen LogP contribution in [-0.2, 0) is 14.8 Å². The number of anilines is 1. The predicted octanol–water partition coefficient (Wildman–Crippen LogP) is 3.23. The molecule has 0 fully saturated rings. The lowest BCUT2D eigenvalue weighted by atomic mass is 10.1. The minimum Gasteiger partial charge on any atom is -0.462 e. The van der Waals surface area contributed by atoms with Gasteiger partial charge in [-0.15, -0.1) is 0 Å². The van der Waals surface area contributed by atoms with Crippen molar-refractivity contribution in [3.63, 3.8) is 0 Å². The number of aromatic amines is 1. The number of rotatable bonds is 5. The number of H-pyrrole nitrogens is 1. The molecule has 0 aliphatic heterocycles. The summed E-state index contributed by atoms with van der Waals surface area (Å²) in [6, 6.07) is 5.51. The maximum Gasteiger partial charge on any atom is 0.341 e. The number of benzene rings is 1. The maximum absolute atomic E-state index is 12.9. The van der Waals surface area contributed by atoms with Crippen LogP contribution in [0.1, 0.15) is 39.8 Å². The highest BCUT2D eigenvalue weighted by atomic mass is 32.2. The summed E-state index contributed by atoms with van der Waals surface area (Å²) in [5.74, 6) is -0.652. The average molecular weight is 350 g/mol. The summed E-state index contributed by atoms with van der Waals surface area (Å²) < 4.78 is 33.5. The van der Waals surface area contributed by atoms with Gasteiger partial charge in [-0.05, 0) is 45.7 Å². The van der Waals surface area contributed by atoms with Crippen molar-refractivity contribution in [2.75, 3.05) is 11.3 Å². The lowest BCUT2D eigenvalue weighted by molar-refractivity contribution is 0.0521. The highest BCUT2D eigenvalue weighted by Crippen LogP contribution is 2.29. The van der Waals surface area contributed by atoms with Crippen LogP contribution < -0.4 is 4.72 Å². The van der Waals surface area contributed by atoms with E-state index in [-0.39, 0.29) is 17.1 Å². The van der Waals surface area contributed by atoms with E-state index in [1.165, 1.54) is 0 Å². The van der Waals surface area contributed by atoms with Crippen LogP contribution in [-0.4, -0.2) is 26.0 Å². The van der Waals surface area contributed by atoms with Crippen molar-refractivity contribution in [3.05, 3.63) is 46.3 Å². The van der Waals surface area contributed by atoms with Crippen molar-refractivity contribution in [1.29, 1.82) is 0 Å². The van der Waals surface area contributed by atoms with Crippen LogP contribution in [0.25, 0.3) is 0 Å². The highest BCUT2D eigenvalue weighted by Gasteiger charge is 2.30. The van der Waals surface area contributed by atoms with Crippen LogP contribution in [0.4, 0.5) is 5.69 Å². The van der Waals surface area contributed by atoms with Gasteiger partial charge < -0.3 is 9.72 Å². The molecule has 0 unspecified atom stereocenters. The lowest BCUT2D eigenvalue weighted by Gasteiger charge is -2.14. The van der Waals surface area contributed by atoms with Crippen molar-refractivity contribution in [1.82, 2.24) is 4.98 Å². The van der Waals surface area contributed by atoms with E-state index < -0.39 is 16.0 Å². The van der Waals surface area contributed by atoms with Gasteiger partial charge in [0.25, 0.3) is 10.0 Å². The lowest BCUT2D eigenvalue weighted by Crippen LogP contribution is -2.19. The van der Waals surface area contributed by atoms with E-state index in [0.717, 1.165) is 11.1 Å². The first-order valence-corrected chi connectivity index (χ1v) is 9.12. The molecule has 0 spiro atoms. The number of hydrogen-bond donors (Lipinski definition) is 2. The highest BCUT2D eigenvalue weighted by molar-refractivity contribution is 7.92. The summed E-state index contributed by atoms with van der Waals surface area (Å²) in [5, 5.41) is 0. The molecule has 2 rings (SSSR count). The molecule has 7 heteroatoms. The van der Waals surface area contributed by atoms with Gasteiger partial charge in [-0.25, -0.2) is 13.2 Å². The van der Waals surface area contributed by atoms with Crippen molar-refractivity contribution < 1.29 is 17.9 Å². The fourth-order valence-corrected chi connectivity index (χ4v) is 4.36. The van der Waals surface area contributed by atoms with Gasteiger partial charge in [0.05, 0.1) is 12.3 Å². The summed E-state index contributed by atoms with van der Waals surface area (Å²) >= 11 is 0. The fraction of sp³-hybridized carbons (Fsp3) is 0.353. The summed E-state index contributed by atoms with van der Waals surface area (Å²) in [4.78, 5) is 15.0. The molecule has 0 amide bonds. The average Bonchev–Trinajstić information content (AvgIpc) is 2.79. The van der Waals surface area contributed by atoms with Gasteiger partial charge in [0, 0.05) is 11.4 Å². The van der Waals surface area contributed by atoms with Crippen LogP contribution in [0.15, 0.2) is 23.1 Å². The fourth-order valence-electron chi connectivity index (χ4n) is 2.70. The summed E-state index contributed by atoms with van der Waals surface area (Å²) in [7, 11) is -3.94. The molecule has 24 heavy (non-hydrogen) atoms. The molecule has 6 nitrogen and oxygen atoms in total. The Balaban J connectivity index is 2.56. The minimum atomic E-state index is -3.94. The number of aromatic nitrogens is 1. The number of para-hydroxylation sites is 1. The third-order valence-corrected chi connectivity index (χ3v) is 5.30. The molecular formula is C17H22N2O4S. The molecule has 0 aliphatic carbocycles. The van der Waals surface area contributed by atoms with Crippen molar-refractivity contribution in [2.45, 2.75) is 39.5 Å². The summed E-state index contributed by atoms with van der Waals surface area (Å²) in [6.07, 6.45) is 0. The zero-order valence-electron chi connectivity index (χ0n) is 14.5. The molecule has 1 aromatic heterocycles. The molecule has 0 aliphatic rings. The van der Waals surface area contributed by atoms with Crippen LogP contribution in [0, 0.1) is 27.7 Å². The Bertz CT molecular complexity index is 862. The molecule has 0 atom stereocenters. The summed E-state index contributed by atoms with van der Waals surface area (Å²) in [5.41, 5.74) is 3.04. The number of esters is 1. The SMILES string of the molecule is CCOC(=O)c1c(C)[nH]c(C)c1S(=O)(=O)Nc1c(C)cccc1C. The molecule has 0 saturated heterocycles. The molecule has 0 saturated carbocycles. The number of sulfonamides is 1. The van der Waals surface area contributed by atoms with E-state index >= 15 is 0 Å². The topological polar surface area (TPSA) is 88.3 Å². The van der Waals surface area contributed by atoms with E-state index in [0.29, 0.717) is 17.1 Å². The Morgan fingerprint density at radius 2 is 1.71 bits per heavy atom. The van der Waals surface area contributed by atoms with E-state index in [9.17, 15) is 13.2 Å². The van der Waals surface area contributed by atoms with Gasteiger partial charge >= 0.3 is 5.97 Å². The zero-order valence-corrected chi connectivity index (χ0v) is 15.3. The molecule has 1 heterocycles. The largest absolute Gasteiger partial charge is 0.462 e. The van der Waals surface area contributed by atoms with Gasteiger partial charge in [0.1, 0.15) is 10.5 Å². The second kappa shape index (κ2) is 6.68. The smallest absolute Gasteiger partial charge is 0.341 e. The number of ether oxygens (including phenoxy) is 1. The number of nitrogens with one attached hydrogen (secondary N) is 2. The van der Waals surface area contributed by atoms with Crippen molar-refractivity contribution in [3.8, 4) is 0 Å². The first-order chi connectivity index (χ1) is 11.2. The second-order valence-corrected chi connectivity index (χ2v) is 7.29. The van der Waals surface area contributed by atoms with Crippen LogP contribution in [0.2, 0.25) is 0 Å². The molecule has 0 bridgehead atoms. The Hall–Kier alpha value is -2.28. The van der Waals surface area contributed by atoms with Gasteiger partial charge in [0.15, 0.2) is 0 Å². The third-order valence-electron chi connectivity index (χ3n) is 3.78. The monoisotopic (exact) mass is 350 g/mol. The summed E-state index contributed by atoms with van der Waals surface area (Å²) in [6.45, 7) is 8.77. The molecule has 2 N–H and O–H groups in total. The molecule has 130 valence electrons. The minimum absolute atomic E-state index is 0.0492. The Morgan fingerprint density at radius 3 is 2.25 bits per heavy atom. The molecule has 1 aromatic carbocycles. The van der Waals surface area contributed by atoms with E-state index in [1.54, 1.807) is 20.8 Å². The third kappa shape index (κ3) is 3.31. The standard InChI is InChI=1S/C17H22N2O4S/c1-6-23-17(20)14-12(4)18-13(5)16(14)24(21,22)19-15-10(2)8-7-9-11(15)3/h7-9,18-19H,6H2,1-5H3. The number of hydrogen-bond acceptors (Lipinski definition) is 4. The number of carbonyl (C=O) groups is 1. The zero-order chi connectivity index (χ0) is 18.1. The number of aryl methyl sites for hydroxylation is 4. The Labute approximate surface area is 142 Å².